The highest BCUT2D eigenvalue weighted by Gasteiger charge is 2.21. The highest BCUT2D eigenvalue weighted by molar-refractivity contribution is 7.45. The molecule has 0 aliphatic rings. The van der Waals surface area contributed by atoms with Crippen molar-refractivity contribution in [2.75, 3.05) is 47.5 Å². The molecular formula is C51H88NO8P. The monoisotopic (exact) mass is 874 g/mol. The fourth-order valence-corrected chi connectivity index (χ4v) is 6.72. The van der Waals surface area contributed by atoms with Crippen LogP contribution >= 0.6 is 7.82 Å². The largest absolute Gasteiger partial charge is 0.756 e. The normalized spacial score (nSPS) is 14.3. The number of nitrogens with zero attached hydrogens (tertiary/aromatic N) is 1. The zero-order valence-corrected chi connectivity index (χ0v) is 40.2. The van der Waals surface area contributed by atoms with E-state index >= 15 is 0 Å². The summed E-state index contributed by atoms with van der Waals surface area (Å²) < 4.78 is 33.9. The molecule has 0 aromatic rings. The van der Waals surface area contributed by atoms with Gasteiger partial charge in [0, 0.05) is 12.8 Å². The van der Waals surface area contributed by atoms with Crippen molar-refractivity contribution in [3.05, 3.63) is 85.1 Å². The van der Waals surface area contributed by atoms with Crippen LogP contribution in [0.15, 0.2) is 85.1 Å². The maximum Gasteiger partial charge on any atom is 0.306 e. The molecule has 10 heteroatoms. The molecule has 9 nitrogen and oxygen atoms in total. The predicted octanol–water partition coefficient (Wildman–Crippen LogP) is 13.3. The minimum atomic E-state index is -4.63. The summed E-state index contributed by atoms with van der Waals surface area (Å²) in [6.07, 6.45) is 54.7. The van der Waals surface area contributed by atoms with Gasteiger partial charge in [0.2, 0.25) is 0 Å². The molecule has 0 aromatic carbocycles. The molecule has 0 spiro atoms. The SMILES string of the molecule is CC/C=C\C/C=C\C/C=C\C/C=C\C/C=C\C/C=C\C/C=C\CCCCCCCC(=O)OC(COC(=O)CCCCCCCCCCCC)COP(=O)([O-])OCC[N+](C)(C)C. The predicted molar refractivity (Wildman–Crippen MR) is 254 cm³/mol. The summed E-state index contributed by atoms with van der Waals surface area (Å²) in [6, 6.07) is 0. The van der Waals surface area contributed by atoms with Crippen LogP contribution in [0.3, 0.4) is 0 Å². The number of hydrogen-bond donors (Lipinski definition) is 0. The Balaban J connectivity index is 4.29. The molecule has 0 heterocycles. The van der Waals surface area contributed by atoms with Crippen molar-refractivity contribution in [1.29, 1.82) is 0 Å². The van der Waals surface area contributed by atoms with Crippen molar-refractivity contribution in [2.24, 2.45) is 0 Å². The number of unbranched alkanes of at least 4 members (excludes halogenated alkanes) is 14. The number of phosphoric acid groups is 1. The molecule has 2 unspecified atom stereocenters. The second-order valence-corrected chi connectivity index (χ2v) is 18.2. The van der Waals surface area contributed by atoms with E-state index in [4.69, 9.17) is 18.5 Å². The van der Waals surface area contributed by atoms with Crippen LogP contribution in [0.2, 0.25) is 0 Å². The van der Waals surface area contributed by atoms with Gasteiger partial charge in [0.05, 0.1) is 27.7 Å². The molecule has 0 amide bonds. The Labute approximate surface area is 373 Å². The van der Waals surface area contributed by atoms with E-state index in [9.17, 15) is 19.0 Å². The number of rotatable bonds is 42. The number of ether oxygens (including phenoxy) is 2. The van der Waals surface area contributed by atoms with Gasteiger partial charge in [0.15, 0.2) is 6.10 Å². The highest BCUT2D eigenvalue weighted by Crippen LogP contribution is 2.38. The summed E-state index contributed by atoms with van der Waals surface area (Å²) in [5, 5.41) is 0. The van der Waals surface area contributed by atoms with E-state index in [1.807, 2.05) is 21.1 Å². The first-order valence-corrected chi connectivity index (χ1v) is 25.3. The number of phosphoric ester groups is 1. The van der Waals surface area contributed by atoms with Crippen molar-refractivity contribution in [3.63, 3.8) is 0 Å². The summed E-state index contributed by atoms with van der Waals surface area (Å²) >= 11 is 0. The molecule has 350 valence electrons. The first kappa shape index (κ1) is 58.2. The van der Waals surface area contributed by atoms with Gasteiger partial charge in [-0.3, -0.25) is 14.2 Å². The van der Waals surface area contributed by atoms with E-state index in [2.05, 4.69) is 98.9 Å². The third kappa shape index (κ3) is 46.5. The Kier molecular flexibility index (Phi) is 40.5. The van der Waals surface area contributed by atoms with Crippen molar-refractivity contribution >= 4 is 19.8 Å². The van der Waals surface area contributed by atoms with Crippen LogP contribution in [-0.2, 0) is 32.7 Å². The molecule has 0 bridgehead atoms. The van der Waals surface area contributed by atoms with E-state index in [-0.39, 0.29) is 26.1 Å². The number of hydrogen-bond acceptors (Lipinski definition) is 8. The van der Waals surface area contributed by atoms with Crippen LogP contribution in [0, 0.1) is 0 Å². The highest BCUT2D eigenvalue weighted by atomic mass is 31.2. The third-order valence-electron chi connectivity index (χ3n) is 9.68. The smallest absolute Gasteiger partial charge is 0.306 e. The molecule has 0 fully saturated rings. The van der Waals surface area contributed by atoms with E-state index < -0.39 is 32.5 Å². The molecule has 0 aromatic heterocycles. The molecule has 0 rings (SSSR count). The zero-order valence-electron chi connectivity index (χ0n) is 39.3. The second-order valence-electron chi connectivity index (χ2n) is 16.7. The van der Waals surface area contributed by atoms with Crippen molar-refractivity contribution in [2.45, 2.75) is 180 Å². The molecule has 0 aliphatic heterocycles. The maximum atomic E-state index is 12.7. The number of carbonyl (C=O) groups is 2. The lowest BCUT2D eigenvalue weighted by molar-refractivity contribution is -0.870. The number of esters is 2. The standard InChI is InChI=1S/C51H88NO8P/c1-6-8-10-12-14-16-18-19-20-21-22-23-24-25-26-27-28-29-30-31-32-33-34-36-38-40-42-44-51(54)60-49(48-59-61(55,56)58-46-45-52(3,4)5)47-57-50(53)43-41-39-37-35-17-15-13-11-9-7-2/h8,10,14,16,19-20,22-23,25-26,28-29,31-32,49H,6-7,9,11-13,15,17-18,21,24,27,30,33-48H2,1-5H3/b10-8-,16-14-,20-19-,23-22-,26-25-,29-28-,32-31-. The Morgan fingerprint density at radius 2 is 0.934 bits per heavy atom. The Morgan fingerprint density at radius 1 is 0.525 bits per heavy atom. The van der Waals surface area contributed by atoms with Crippen LogP contribution in [-0.4, -0.2) is 70.0 Å². The van der Waals surface area contributed by atoms with E-state index in [0.29, 0.717) is 17.4 Å². The molecular weight excluding hydrogens is 786 g/mol. The van der Waals surface area contributed by atoms with Gasteiger partial charge in [-0.15, -0.1) is 0 Å². The zero-order chi connectivity index (χ0) is 45.0. The fraction of sp³-hybridized carbons (Fsp3) is 0.686. The van der Waals surface area contributed by atoms with Crippen LogP contribution in [0.4, 0.5) is 0 Å². The average Bonchev–Trinajstić information content (AvgIpc) is 3.21. The lowest BCUT2D eigenvalue weighted by Crippen LogP contribution is -2.37. The number of carbonyl (C=O) groups excluding carboxylic acids is 2. The first-order chi connectivity index (χ1) is 29.5. The molecule has 0 saturated heterocycles. The van der Waals surface area contributed by atoms with Gasteiger partial charge in [-0.25, -0.2) is 0 Å². The number of quaternary nitrogens is 1. The first-order valence-electron chi connectivity index (χ1n) is 23.8. The Bertz CT molecular complexity index is 1310. The second kappa shape index (κ2) is 42.5. The van der Waals surface area contributed by atoms with Crippen LogP contribution in [0.25, 0.3) is 0 Å². The summed E-state index contributed by atoms with van der Waals surface area (Å²) in [5.74, 6) is -0.864. The number of likely N-dealkylation sites (N-methyl/N-ethyl adjacent to an activating group) is 1. The summed E-state index contributed by atoms with van der Waals surface area (Å²) in [4.78, 5) is 37.5. The van der Waals surface area contributed by atoms with Gasteiger partial charge in [-0.05, 0) is 70.6 Å². The van der Waals surface area contributed by atoms with Gasteiger partial charge in [-0.2, -0.15) is 0 Å². The van der Waals surface area contributed by atoms with E-state index in [1.54, 1.807) is 0 Å². The van der Waals surface area contributed by atoms with E-state index in [1.165, 1.54) is 44.9 Å². The lowest BCUT2D eigenvalue weighted by atomic mass is 10.1. The van der Waals surface area contributed by atoms with E-state index in [0.717, 1.165) is 96.3 Å². The minimum absolute atomic E-state index is 0.0385. The van der Waals surface area contributed by atoms with Gasteiger partial charge in [0.1, 0.15) is 19.8 Å². The Morgan fingerprint density at radius 3 is 1.39 bits per heavy atom. The van der Waals surface area contributed by atoms with Gasteiger partial charge < -0.3 is 27.9 Å². The molecule has 61 heavy (non-hydrogen) atoms. The van der Waals surface area contributed by atoms with Crippen LogP contribution in [0.1, 0.15) is 174 Å². The summed E-state index contributed by atoms with van der Waals surface area (Å²) in [5.41, 5.74) is 0. The molecule has 0 radical (unpaired) electrons. The quantitative estimate of drug-likeness (QED) is 0.0196. The summed E-state index contributed by atoms with van der Waals surface area (Å²) in [7, 11) is 1.14. The van der Waals surface area contributed by atoms with Crippen LogP contribution < -0.4 is 4.89 Å². The molecule has 0 N–H and O–H groups in total. The van der Waals surface area contributed by atoms with Gasteiger partial charge >= 0.3 is 11.9 Å². The van der Waals surface area contributed by atoms with Gasteiger partial charge in [0.25, 0.3) is 7.82 Å². The molecule has 0 saturated carbocycles. The fourth-order valence-electron chi connectivity index (χ4n) is 5.99. The topological polar surface area (TPSA) is 111 Å². The van der Waals surface area contributed by atoms with Crippen LogP contribution in [0.5, 0.6) is 0 Å². The Hall–Kier alpha value is -2.81. The summed E-state index contributed by atoms with van der Waals surface area (Å²) in [6.45, 7) is 4.06. The van der Waals surface area contributed by atoms with Crippen molar-refractivity contribution < 1.29 is 42.1 Å². The molecule has 0 aliphatic carbocycles. The van der Waals surface area contributed by atoms with Gasteiger partial charge in [-0.1, -0.05) is 176 Å². The lowest BCUT2D eigenvalue weighted by Gasteiger charge is -2.28. The molecule has 2 atom stereocenters. The number of allylic oxidation sites excluding steroid dienone is 14. The van der Waals surface area contributed by atoms with Crippen molar-refractivity contribution in [1.82, 2.24) is 0 Å². The maximum absolute atomic E-state index is 12.7. The third-order valence-corrected chi connectivity index (χ3v) is 10.6. The average molecular weight is 874 g/mol. The van der Waals surface area contributed by atoms with Crippen molar-refractivity contribution in [3.8, 4) is 0 Å². The minimum Gasteiger partial charge on any atom is -0.756 e.